The molecule has 0 radical (unpaired) electrons. The Morgan fingerprint density at radius 3 is 2.75 bits per heavy atom. The maximum atomic E-state index is 5.12. The Hall–Kier alpha value is 0.270. The van der Waals surface area contributed by atoms with E-state index in [4.69, 9.17) is 4.74 Å². The normalized spacial score (nSPS) is 20.5. The molecule has 1 aliphatic rings. The van der Waals surface area contributed by atoms with Crippen LogP contribution in [0, 0.1) is 0 Å². The van der Waals surface area contributed by atoms with Gasteiger partial charge >= 0.3 is 0 Å². The first-order chi connectivity index (χ1) is 5.86. The molecule has 12 heavy (non-hydrogen) atoms. The van der Waals surface area contributed by atoms with Gasteiger partial charge in [-0.05, 0) is 13.5 Å². The smallest absolute Gasteiger partial charge is 0.0607 e. The fraction of sp³-hybridized carbons (Fsp3) is 1.00. The second kappa shape index (κ2) is 5.84. The van der Waals surface area contributed by atoms with Crippen LogP contribution in [0.15, 0.2) is 0 Å². The number of thioether (sulfide) groups is 1. The average Bonchev–Trinajstić information content (AvgIpc) is 2.00. The lowest BCUT2D eigenvalue weighted by molar-refractivity contribution is 0.0455. The van der Waals surface area contributed by atoms with E-state index in [1.807, 2.05) is 11.8 Å². The number of hydrogen-bond donors (Lipinski definition) is 1. The highest BCUT2D eigenvalue weighted by molar-refractivity contribution is 8.00. The largest absolute Gasteiger partial charge is 0.379 e. The van der Waals surface area contributed by atoms with Crippen LogP contribution >= 0.6 is 11.8 Å². The molecule has 72 valence electrons. The lowest BCUT2D eigenvalue weighted by atomic mass is 10.2. The summed E-state index contributed by atoms with van der Waals surface area (Å²) in [7, 11) is 2.05. The van der Waals surface area contributed by atoms with E-state index in [1.165, 1.54) is 18.6 Å². The molecule has 0 aromatic carbocycles. The van der Waals surface area contributed by atoms with Crippen molar-refractivity contribution in [3.63, 3.8) is 0 Å². The van der Waals surface area contributed by atoms with Gasteiger partial charge in [0.15, 0.2) is 0 Å². The summed E-state index contributed by atoms with van der Waals surface area (Å²) in [4.78, 5) is 0. The molecule has 0 amide bonds. The standard InChI is InChI=1S/C9H19NOS/c1-3-4-8(10-2)7-12-9-5-11-6-9/h8-10H,3-7H2,1-2H3. The van der Waals surface area contributed by atoms with Crippen molar-refractivity contribution in [3.8, 4) is 0 Å². The van der Waals surface area contributed by atoms with Gasteiger partial charge in [0.25, 0.3) is 0 Å². The van der Waals surface area contributed by atoms with Crippen molar-refractivity contribution in [1.29, 1.82) is 0 Å². The van der Waals surface area contributed by atoms with Crippen molar-refractivity contribution in [2.75, 3.05) is 26.0 Å². The molecular weight excluding hydrogens is 170 g/mol. The fourth-order valence-electron chi connectivity index (χ4n) is 1.22. The minimum Gasteiger partial charge on any atom is -0.379 e. The number of ether oxygens (including phenoxy) is 1. The molecule has 2 nitrogen and oxygen atoms in total. The average molecular weight is 189 g/mol. The van der Waals surface area contributed by atoms with Crippen molar-refractivity contribution >= 4 is 11.8 Å². The summed E-state index contributed by atoms with van der Waals surface area (Å²) in [6.45, 7) is 4.17. The van der Waals surface area contributed by atoms with Gasteiger partial charge < -0.3 is 10.1 Å². The summed E-state index contributed by atoms with van der Waals surface area (Å²) in [5.74, 6) is 1.23. The first-order valence-electron chi connectivity index (χ1n) is 4.73. The maximum Gasteiger partial charge on any atom is 0.0607 e. The van der Waals surface area contributed by atoms with E-state index in [0.717, 1.165) is 18.5 Å². The van der Waals surface area contributed by atoms with Crippen LogP contribution in [0.2, 0.25) is 0 Å². The Morgan fingerprint density at radius 1 is 1.58 bits per heavy atom. The van der Waals surface area contributed by atoms with E-state index < -0.39 is 0 Å². The Balaban J connectivity index is 2.01. The molecule has 0 saturated carbocycles. The zero-order chi connectivity index (χ0) is 8.81. The van der Waals surface area contributed by atoms with Gasteiger partial charge in [-0.2, -0.15) is 11.8 Å². The highest BCUT2D eigenvalue weighted by atomic mass is 32.2. The second-order valence-electron chi connectivity index (χ2n) is 3.27. The molecule has 0 aromatic rings. The van der Waals surface area contributed by atoms with Gasteiger partial charge in [-0.1, -0.05) is 13.3 Å². The summed E-state index contributed by atoms with van der Waals surface area (Å²) in [6, 6.07) is 0.695. The highest BCUT2D eigenvalue weighted by Gasteiger charge is 2.19. The van der Waals surface area contributed by atoms with Crippen molar-refractivity contribution in [3.05, 3.63) is 0 Å². The van der Waals surface area contributed by atoms with Crippen LogP contribution in [0.25, 0.3) is 0 Å². The van der Waals surface area contributed by atoms with Crippen molar-refractivity contribution in [2.24, 2.45) is 0 Å². The molecule has 1 atom stereocenters. The molecule has 1 rings (SSSR count). The summed E-state index contributed by atoms with van der Waals surface area (Å²) in [5, 5.41) is 4.12. The lowest BCUT2D eigenvalue weighted by Gasteiger charge is -2.27. The minimum atomic E-state index is 0.695. The SMILES string of the molecule is CCCC(CSC1COC1)NC. The van der Waals surface area contributed by atoms with Crippen LogP contribution < -0.4 is 5.32 Å². The molecule has 1 aliphatic heterocycles. The first kappa shape index (κ1) is 10.4. The van der Waals surface area contributed by atoms with Gasteiger partial charge in [0.1, 0.15) is 0 Å². The van der Waals surface area contributed by atoms with Crippen molar-refractivity contribution in [1.82, 2.24) is 5.32 Å². The molecule has 1 saturated heterocycles. The summed E-state index contributed by atoms with van der Waals surface area (Å²) in [6.07, 6.45) is 2.56. The summed E-state index contributed by atoms with van der Waals surface area (Å²) in [5.41, 5.74) is 0. The highest BCUT2D eigenvalue weighted by Crippen LogP contribution is 2.20. The van der Waals surface area contributed by atoms with E-state index in [0.29, 0.717) is 6.04 Å². The lowest BCUT2D eigenvalue weighted by Crippen LogP contribution is -2.34. The van der Waals surface area contributed by atoms with Crippen LogP contribution in [0.5, 0.6) is 0 Å². The van der Waals surface area contributed by atoms with Crippen LogP contribution in [0.4, 0.5) is 0 Å². The van der Waals surface area contributed by atoms with Gasteiger partial charge in [-0.3, -0.25) is 0 Å². The molecular formula is C9H19NOS. The zero-order valence-electron chi connectivity index (χ0n) is 8.01. The van der Waals surface area contributed by atoms with E-state index in [9.17, 15) is 0 Å². The third-order valence-corrected chi connectivity index (χ3v) is 3.52. The van der Waals surface area contributed by atoms with Gasteiger partial charge in [-0.15, -0.1) is 0 Å². The fourth-order valence-corrected chi connectivity index (χ4v) is 2.44. The molecule has 1 N–H and O–H groups in total. The van der Waals surface area contributed by atoms with Crippen LogP contribution in [0.1, 0.15) is 19.8 Å². The summed E-state index contributed by atoms with van der Waals surface area (Å²) >= 11 is 2.05. The quantitative estimate of drug-likeness (QED) is 0.684. The Kier molecular flexibility index (Phi) is 5.04. The molecule has 1 fully saturated rings. The number of rotatable bonds is 6. The van der Waals surface area contributed by atoms with Crippen LogP contribution in [-0.2, 0) is 4.74 Å². The zero-order valence-corrected chi connectivity index (χ0v) is 8.82. The maximum absolute atomic E-state index is 5.12. The first-order valence-corrected chi connectivity index (χ1v) is 5.78. The predicted molar refractivity (Wildman–Crippen MR) is 54.8 cm³/mol. The number of hydrogen-bond acceptors (Lipinski definition) is 3. The second-order valence-corrected chi connectivity index (χ2v) is 4.60. The third kappa shape index (κ3) is 3.33. The minimum absolute atomic E-state index is 0.695. The molecule has 1 heterocycles. The van der Waals surface area contributed by atoms with Crippen molar-refractivity contribution in [2.45, 2.75) is 31.1 Å². The molecule has 0 bridgehead atoms. The van der Waals surface area contributed by atoms with E-state index in [1.54, 1.807) is 0 Å². The Labute approximate surface area is 79.4 Å². The van der Waals surface area contributed by atoms with Gasteiger partial charge in [0, 0.05) is 11.8 Å². The van der Waals surface area contributed by atoms with E-state index in [2.05, 4.69) is 19.3 Å². The van der Waals surface area contributed by atoms with Crippen LogP contribution in [-0.4, -0.2) is 37.3 Å². The van der Waals surface area contributed by atoms with E-state index >= 15 is 0 Å². The van der Waals surface area contributed by atoms with Gasteiger partial charge in [-0.25, -0.2) is 0 Å². The predicted octanol–water partition coefficient (Wildman–Crippen LogP) is 1.51. The third-order valence-electron chi connectivity index (χ3n) is 2.19. The Morgan fingerprint density at radius 2 is 2.33 bits per heavy atom. The van der Waals surface area contributed by atoms with Gasteiger partial charge in [0.05, 0.1) is 18.5 Å². The monoisotopic (exact) mass is 189 g/mol. The topological polar surface area (TPSA) is 21.3 Å². The molecule has 0 aromatic heterocycles. The number of nitrogens with one attached hydrogen (secondary N) is 1. The molecule has 1 unspecified atom stereocenters. The molecule has 0 aliphatic carbocycles. The van der Waals surface area contributed by atoms with Crippen LogP contribution in [0.3, 0.4) is 0 Å². The van der Waals surface area contributed by atoms with E-state index in [-0.39, 0.29) is 0 Å². The molecule has 0 spiro atoms. The Bertz CT molecular complexity index is 117. The van der Waals surface area contributed by atoms with Gasteiger partial charge in [0.2, 0.25) is 0 Å². The molecule has 3 heteroatoms. The summed E-state index contributed by atoms with van der Waals surface area (Å²) < 4.78 is 5.12. The van der Waals surface area contributed by atoms with Crippen molar-refractivity contribution < 1.29 is 4.74 Å².